The van der Waals surface area contributed by atoms with Crippen LogP contribution in [0, 0.1) is 0 Å². The van der Waals surface area contributed by atoms with Crippen molar-refractivity contribution in [3.63, 3.8) is 0 Å². The van der Waals surface area contributed by atoms with Gasteiger partial charge in [0.1, 0.15) is 0 Å². The highest BCUT2D eigenvalue weighted by Crippen LogP contribution is 2.30. The lowest BCUT2D eigenvalue weighted by Gasteiger charge is -2.40. The van der Waals surface area contributed by atoms with E-state index < -0.39 is 5.97 Å². The molecule has 2 unspecified atom stereocenters. The van der Waals surface area contributed by atoms with E-state index >= 15 is 0 Å². The Morgan fingerprint density at radius 1 is 1.57 bits per heavy atom. The zero-order valence-corrected chi connectivity index (χ0v) is 13.8. The number of ether oxygens (including phenoxy) is 1. The molecule has 0 amide bonds. The summed E-state index contributed by atoms with van der Waals surface area (Å²) in [6.45, 7) is 5.71. The van der Waals surface area contributed by atoms with Crippen LogP contribution >= 0.6 is 15.9 Å². The Morgan fingerprint density at radius 3 is 3.00 bits per heavy atom. The number of hydrogen-bond acceptors (Lipinski definition) is 3. The first-order valence-corrected chi connectivity index (χ1v) is 7.89. The van der Waals surface area contributed by atoms with Crippen molar-refractivity contribution in [1.29, 1.82) is 0 Å². The number of benzene rings is 1. The second kappa shape index (κ2) is 7.09. The topological polar surface area (TPSA) is 49.8 Å². The van der Waals surface area contributed by atoms with Crippen LogP contribution in [0.2, 0.25) is 0 Å². The number of carboxylic acid groups (broad SMARTS) is 1. The Kier molecular flexibility index (Phi) is 5.42. The molecule has 1 saturated heterocycles. The average Bonchev–Trinajstić information content (AvgIpc) is 2.45. The smallest absolute Gasteiger partial charge is 0.328 e. The maximum Gasteiger partial charge on any atom is 0.328 e. The third kappa shape index (κ3) is 4.08. The van der Waals surface area contributed by atoms with Gasteiger partial charge in [-0.3, -0.25) is 0 Å². The lowest BCUT2D eigenvalue weighted by molar-refractivity contribution is -0.131. The Bertz CT molecular complexity index is 544. The first-order chi connectivity index (χ1) is 10.0. The van der Waals surface area contributed by atoms with Crippen LogP contribution < -0.4 is 4.90 Å². The first kappa shape index (κ1) is 16.0. The molecule has 1 heterocycles. The zero-order valence-electron chi connectivity index (χ0n) is 12.3. The van der Waals surface area contributed by atoms with E-state index in [1.807, 2.05) is 18.2 Å². The van der Waals surface area contributed by atoms with Crippen molar-refractivity contribution < 1.29 is 14.6 Å². The van der Waals surface area contributed by atoms with Crippen LogP contribution in [0.4, 0.5) is 5.69 Å². The maximum absolute atomic E-state index is 10.8. The van der Waals surface area contributed by atoms with Gasteiger partial charge < -0.3 is 14.7 Å². The van der Waals surface area contributed by atoms with Gasteiger partial charge in [-0.2, -0.15) is 0 Å². The monoisotopic (exact) mass is 353 g/mol. The van der Waals surface area contributed by atoms with Gasteiger partial charge in [-0.15, -0.1) is 0 Å². The molecule has 2 rings (SSSR count). The molecule has 0 saturated carbocycles. The molecule has 4 nitrogen and oxygen atoms in total. The molecule has 1 fully saturated rings. The van der Waals surface area contributed by atoms with E-state index in [9.17, 15) is 4.79 Å². The maximum atomic E-state index is 10.8. The predicted molar refractivity (Wildman–Crippen MR) is 87.7 cm³/mol. The van der Waals surface area contributed by atoms with Crippen molar-refractivity contribution in [2.24, 2.45) is 0 Å². The molecule has 1 N–H and O–H groups in total. The van der Waals surface area contributed by atoms with Crippen molar-refractivity contribution in [3.05, 3.63) is 34.3 Å². The summed E-state index contributed by atoms with van der Waals surface area (Å²) in [7, 11) is 0. The number of carbonyl (C=O) groups is 1. The van der Waals surface area contributed by atoms with Crippen molar-refractivity contribution in [3.8, 4) is 0 Å². The molecule has 0 bridgehead atoms. The van der Waals surface area contributed by atoms with E-state index in [1.54, 1.807) is 6.08 Å². The molecule has 1 aromatic rings. The van der Waals surface area contributed by atoms with E-state index in [-0.39, 0.29) is 6.10 Å². The summed E-state index contributed by atoms with van der Waals surface area (Å²) in [6, 6.07) is 6.22. The molecular formula is C16H20BrNO3. The van der Waals surface area contributed by atoms with Crippen LogP contribution in [-0.2, 0) is 9.53 Å². The lowest BCUT2D eigenvalue weighted by Crippen LogP contribution is -2.49. The van der Waals surface area contributed by atoms with E-state index in [1.165, 1.54) is 6.08 Å². The van der Waals surface area contributed by atoms with Crippen molar-refractivity contribution >= 4 is 33.7 Å². The highest BCUT2D eigenvalue weighted by atomic mass is 79.9. The van der Waals surface area contributed by atoms with Gasteiger partial charge in [-0.25, -0.2) is 4.79 Å². The molecule has 2 atom stereocenters. The van der Waals surface area contributed by atoms with E-state index in [2.05, 4.69) is 34.7 Å². The number of aliphatic carboxylic acids is 1. The largest absolute Gasteiger partial charge is 0.478 e. The van der Waals surface area contributed by atoms with E-state index in [4.69, 9.17) is 9.84 Å². The normalized spacial score (nSPS) is 22.7. The molecule has 0 aromatic heterocycles. The molecule has 1 aromatic carbocycles. The van der Waals surface area contributed by atoms with Crippen LogP contribution in [0.15, 0.2) is 28.7 Å². The number of anilines is 1. The zero-order chi connectivity index (χ0) is 15.4. The molecule has 21 heavy (non-hydrogen) atoms. The molecule has 1 aliphatic heterocycles. The molecular weight excluding hydrogens is 334 g/mol. The van der Waals surface area contributed by atoms with Crippen LogP contribution in [0.25, 0.3) is 6.08 Å². The molecule has 0 spiro atoms. The highest BCUT2D eigenvalue weighted by molar-refractivity contribution is 9.10. The first-order valence-electron chi connectivity index (χ1n) is 7.10. The van der Waals surface area contributed by atoms with E-state index in [0.717, 1.165) is 28.7 Å². The fourth-order valence-corrected chi connectivity index (χ4v) is 2.89. The van der Waals surface area contributed by atoms with Crippen LogP contribution in [0.3, 0.4) is 0 Å². The van der Waals surface area contributed by atoms with Gasteiger partial charge in [0.15, 0.2) is 0 Å². The summed E-state index contributed by atoms with van der Waals surface area (Å²) in [5.74, 6) is -0.939. The van der Waals surface area contributed by atoms with Gasteiger partial charge in [0, 0.05) is 22.8 Å². The lowest BCUT2D eigenvalue weighted by atomic mass is 10.1. The number of nitrogens with zero attached hydrogens (tertiary/aromatic N) is 1. The summed E-state index contributed by atoms with van der Waals surface area (Å²) < 4.78 is 6.72. The van der Waals surface area contributed by atoms with Gasteiger partial charge in [-0.1, -0.05) is 28.9 Å². The number of carboxylic acids is 1. The quantitative estimate of drug-likeness (QED) is 0.841. The number of hydrogen-bond donors (Lipinski definition) is 1. The van der Waals surface area contributed by atoms with Gasteiger partial charge in [0.2, 0.25) is 0 Å². The van der Waals surface area contributed by atoms with Crippen LogP contribution in [0.1, 0.15) is 25.8 Å². The minimum absolute atomic E-state index is 0.170. The third-order valence-electron chi connectivity index (χ3n) is 3.65. The Morgan fingerprint density at radius 2 is 2.33 bits per heavy atom. The van der Waals surface area contributed by atoms with Gasteiger partial charge in [0.05, 0.1) is 18.8 Å². The summed E-state index contributed by atoms with van der Waals surface area (Å²) in [6.07, 6.45) is 3.98. The average molecular weight is 354 g/mol. The fraction of sp³-hybridized carbons (Fsp3) is 0.438. The van der Waals surface area contributed by atoms with E-state index in [0.29, 0.717) is 12.6 Å². The second-order valence-corrected chi connectivity index (χ2v) is 6.15. The minimum Gasteiger partial charge on any atom is -0.478 e. The molecule has 0 aliphatic carbocycles. The number of halogens is 1. The van der Waals surface area contributed by atoms with Crippen molar-refractivity contribution in [2.45, 2.75) is 32.4 Å². The molecule has 114 valence electrons. The molecule has 5 heteroatoms. The van der Waals surface area contributed by atoms with Gasteiger partial charge in [-0.05, 0) is 37.1 Å². The minimum atomic E-state index is -0.939. The van der Waals surface area contributed by atoms with Crippen LogP contribution in [0.5, 0.6) is 0 Å². The summed E-state index contributed by atoms with van der Waals surface area (Å²) in [5.41, 5.74) is 1.96. The van der Waals surface area contributed by atoms with Gasteiger partial charge >= 0.3 is 5.97 Å². The Hall–Kier alpha value is -1.33. The SMILES string of the molecule is CCC1COC(C)CN1c1cc(Br)ccc1C=CC(=O)O. The van der Waals surface area contributed by atoms with Crippen LogP contribution in [-0.4, -0.2) is 36.4 Å². The Labute approximate surface area is 133 Å². The fourth-order valence-electron chi connectivity index (χ4n) is 2.54. The van der Waals surface area contributed by atoms with Crippen molar-refractivity contribution in [2.75, 3.05) is 18.1 Å². The van der Waals surface area contributed by atoms with Crippen molar-refractivity contribution in [1.82, 2.24) is 0 Å². The standard InChI is InChI=1S/C16H20BrNO3/c1-3-14-10-21-11(2)9-18(14)15-8-13(17)6-4-12(15)5-7-16(19)20/h4-8,11,14H,3,9-10H2,1-2H3,(H,19,20). The number of rotatable bonds is 4. The number of morpholine rings is 1. The summed E-state index contributed by atoms with van der Waals surface area (Å²) >= 11 is 3.50. The predicted octanol–water partition coefficient (Wildman–Crippen LogP) is 3.55. The second-order valence-electron chi connectivity index (χ2n) is 5.23. The van der Waals surface area contributed by atoms with Gasteiger partial charge in [0.25, 0.3) is 0 Å². The summed E-state index contributed by atoms with van der Waals surface area (Å²) in [5, 5.41) is 8.84. The molecule has 1 aliphatic rings. The third-order valence-corrected chi connectivity index (χ3v) is 4.14. The Balaban J connectivity index is 2.39. The summed E-state index contributed by atoms with van der Waals surface area (Å²) in [4.78, 5) is 13.1. The highest BCUT2D eigenvalue weighted by Gasteiger charge is 2.27. The molecule has 0 radical (unpaired) electrons.